The Kier molecular flexibility index (Phi) is 4.07. The van der Waals surface area contributed by atoms with Crippen molar-refractivity contribution >= 4 is 0 Å². The van der Waals surface area contributed by atoms with Crippen molar-refractivity contribution in [3.05, 3.63) is 59.7 Å². The van der Waals surface area contributed by atoms with Crippen LogP contribution in [-0.4, -0.2) is 10.2 Å². The van der Waals surface area contributed by atoms with Gasteiger partial charge in [0.05, 0.1) is 0 Å². The molecule has 0 aliphatic heterocycles. The van der Waals surface area contributed by atoms with Crippen molar-refractivity contribution in [2.75, 3.05) is 0 Å². The smallest absolute Gasteiger partial charge is 0.115 e. The van der Waals surface area contributed by atoms with Crippen LogP contribution in [0.3, 0.4) is 0 Å². The molecule has 0 aliphatic rings. The predicted molar refractivity (Wildman–Crippen MR) is 76.2 cm³/mol. The molecule has 0 saturated carbocycles. The van der Waals surface area contributed by atoms with Crippen LogP contribution in [0.1, 0.15) is 37.1 Å². The van der Waals surface area contributed by atoms with Crippen molar-refractivity contribution in [3.8, 4) is 11.5 Å². The maximum Gasteiger partial charge on any atom is 0.115 e. The first-order valence-electron chi connectivity index (χ1n) is 6.40. The zero-order chi connectivity index (χ0) is 13.8. The maximum absolute atomic E-state index is 9.49. The summed E-state index contributed by atoms with van der Waals surface area (Å²) >= 11 is 0. The van der Waals surface area contributed by atoms with Gasteiger partial charge in [0, 0.05) is 12.1 Å². The van der Waals surface area contributed by atoms with Gasteiger partial charge in [0.15, 0.2) is 0 Å². The van der Waals surface area contributed by atoms with Gasteiger partial charge in [-0.15, -0.1) is 0 Å². The summed E-state index contributed by atoms with van der Waals surface area (Å²) in [6.07, 6.45) is 0. The van der Waals surface area contributed by atoms with Crippen LogP contribution >= 0.6 is 0 Å². The molecule has 3 heteroatoms. The van der Waals surface area contributed by atoms with Crippen molar-refractivity contribution in [2.24, 2.45) is 0 Å². The van der Waals surface area contributed by atoms with Gasteiger partial charge in [-0.3, -0.25) is 0 Å². The quantitative estimate of drug-likeness (QED) is 0.785. The van der Waals surface area contributed by atoms with Crippen molar-refractivity contribution in [1.82, 2.24) is 5.32 Å². The SMILES string of the molecule is CC(NC(C)c1cccc(O)c1)c1ccc(O)cc1. The lowest BCUT2D eigenvalue weighted by atomic mass is 10.0. The lowest BCUT2D eigenvalue weighted by Gasteiger charge is -2.21. The topological polar surface area (TPSA) is 52.5 Å². The molecule has 19 heavy (non-hydrogen) atoms. The number of rotatable bonds is 4. The summed E-state index contributed by atoms with van der Waals surface area (Å²) in [5.74, 6) is 0.556. The van der Waals surface area contributed by atoms with E-state index in [9.17, 15) is 10.2 Å². The number of nitrogens with one attached hydrogen (secondary N) is 1. The summed E-state index contributed by atoms with van der Waals surface area (Å²) in [5.41, 5.74) is 2.16. The van der Waals surface area contributed by atoms with Crippen LogP contribution in [0.2, 0.25) is 0 Å². The minimum absolute atomic E-state index is 0.135. The minimum Gasteiger partial charge on any atom is -0.508 e. The van der Waals surface area contributed by atoms with E-state index >= 15 is 0 Å². The van der Waals surface area contributed by atoms with Gasteiger partial charge < -0.3 is 15.5 Å². The molecule has 0 radical (unpaired) electrons. The number of phenols is 2. The van der Waals surface area contributed by atoms with Crippen LogP contribution in [-0.2, 0) is 0 Å². The average molecular weight is 257 g/mol. The summed E-state index contributed by atoms with van der Waals surface area (Å²) in [5, 5.41) is 22.2. The first-order valence-corrected chi connectivity index (χ1v) is 6.40. The van der Waals surface area contributed by atoms with E-state index in [1.807, 2.05) is 24.3 Å². The molecule has 0 aromatic heterocycles. The molecule has 2 unspecified atom stereocenters. The van der Waals surface area contributed by atoms with E-state index in [1.54, 1.807) is 24.3 Å². The highest BCUT2D eigenvalue weighted by Gasteiger charge is 2.11. The fourth-order valence-corrected chi connectivity index (χ4v) is 2.12. The lowest BCUT2D eigenvalue weighted by molar-refractivity contribution is 0.464. The maximum atomic E-state index is 9.49. The van der Waals surface area contributed by atoms with E-state index < -0.39 is 0 Å². The fourth-order valence-electron chi connectivity index (χ4n) is 2.12. The van der Waals surface area contributed by atoms with Gasteiger partial charge in [-0.25, -0.2) is 0 Å². The number of phenolic OH excluding ortho intramolecular Hbond substituents is 2. The minimum atomic E-state index is 0.135. The Labute approximate surface area is 113 Å². The van der Waals surface area contributed by atoms with Gasteiger partial charge in [0.2, 0.25) is 0 Å². The van der Waals surface area contributed by atoms with Gasteiger partial charge in [0.1, 0.15) is 11.5 Å². The average Bonchev–Trinajstić information content (AvgIpc) is 2.39. The molecule has 0 spiro atoms. The molecule has 0 amide bonds. The molecule has 100 valence electrons. The van der Waals surface area contributed by atoms with Gasteiger partial charge in [-0.1, -0.05) is 24.3 Å². The van der Waals surface area contributed by atoms with Gasteiger partial charge >= 0.3 is 0 Å². The second-order valence-corrected chi connectivity index (χ2v) is 4.80. The van der Waals surface area contributed by atoms with Gasteiger partial charge in [-0.05, 0) is 49.2 Å². The van der Waals surface area contributed by atoms with Crippen molar-refractivity contribution in [3.63, 3.8) is 0 Å². The van der Waals surface area contributed by atoms with Crippen molar-refractivity contribution in [2.45, 2.75) is 25.9 Å². The summed E-state index contributed by atoms with van der Waals surface area (Å²) in [7, 11) is 0. The molecule has 0 bridgehead atoms. The summed E-state index contributed by atoms with van der Waals surface area (Å²) in [6, 6.07) is 14.7. The van der Waals surface area contributed by atoms with E-state index in [0.717, 1.165) is 11.1 Å². The third kappa shape index (κ3) is 3.48. The van der Waals surface area contributed by atoms with E-state index in [0.29, 0.717) is 0 Å². The van der Waals surface area contributed by atoms with Gasteiger partial charge in [0.25, 0.3) is 0 Å². The second kappa shape index (κ2) is 5.76. The number of hydrogen-bond acceptors (Lipinski definition) is 3. The zero-order valence-corrected chi connectivity index (χ0v) is 11.2. The van der Waals surface area contributed by atoms with Crippen molar-refractivity contribution in [1.29, 1.82) is 0 Å². The standard InChI is InChI=1S/C16H19NO2/c1-11(13-6-8-15(18)9-7-13)17-12(2)14-4-3-5-16(19)10-14/h3-12,17-19H,1-2H3. The third-order valence-corrected chi connectivity index (χ3v) is 3.26. The molecular weight excluding hydrogens is 238 g/mol. The molecular formula is C16H19NO2. The van der Waals surface area contributed by atoms with E-state index in [4.69, 9.17) is 0 Å². The Morgan fingerprint density at radius 1 is 0.789 bits per heavy atom. The fraction of sp³-hybridized carbons (Fsp3) is 0.250. The van der Waals surface area contributed by atoms with Crippen LogP contribution in [0.25, 0.3) is 0 Å². The van der Waals surface area contributed by atoms with Crippen LogP contribution in [0.15, 0.2) is 48.5 Å². The predicted octanol–water partition coefficient (Wildman–Crippen LogP) is 3.51. The van der Waals surface area contributed by atoms with Crippen LogP contribution < -0.4 is 5.32 Å². The van der Waals surface area contributed by atoms with Crippen LogP contribution in [0.5, 0.6) is 11.5 Å². The number of benzene rings is 2. The second-order valence-electron chi connectivity index (χ2n) is 4.80. The lowest BCUT2D eigenvalue weighted by Crippen LogP contribution is -2.22. The molecule has 2 aromatic carbocycles. The Morgan fingerprint density at radius 3 is 2.05 bits per heavy atom. The van der Waals surface area contributed by atoms with E-state index in [1.165, 1.54) is 0 Å². The Balaban J connectivity index is 2.06. The highest BCUT2D eigenvalue weighted by molar-refractivity contribution is 5.30. The monoisotopic (exact) mass is 257 g/mol. The number of aromatic hydroxyl groups is 2. The largest absolute Gasteiger partial charge is 0.508 e. The normalized spacial score (nSPS) is 14.0. The molecule has 3 nitrogen and oxygen atoms in total. The Hall–Kier alpha value is -2.00. The van der Waals surface area contributed by atoms with Gasteiger partial charge in [-0.2, -0.15) is 0 Å². The first kappa shape index (κ1) is 13.4. The summed E-state index contributed by atoms with van der Waals surface area (Å²) < 4.78 is 0. The third-order valence-electron chi connectivity index (χ3n) is 3.26. The van der Waals surface area contributed by atoms with E-state index in [2.05, 4.69) is 19.2 Å². The molecule has 0 heterocycles. The van der Waals surface area contributed by atoms with E-state index in [-0.39, 0.29) is 23.6 Å². The molecule has 2 rings (SSSR count). The molecule has 0 saturated heterocycles. The Morgan fingerprint density at radius 2 is 1.42 bits per heavy atom. The molecule has 2 aromatic rings. The molecule has 0 fully saturated rings. The van der Waals surface area contributed by atoms with Crippen LogP contribution in [0, 0.1) is 0 Å². The molecule has 2 atom stereocenters. The highest BCUT2D eigenvalue weighted by Crippen LogP contribution is 2.22. The molecule has 3 N–H and O–H groups in total. The first-order chi connectivity index (χ1) is 9.06. The number of hydrogen-bond donors (Lipinski definition) is 3. The summed E-state index contributed by atoms with van der Waals surface area (Å²) in [4.78, 5) is 0. The highest BCUT2D eigenvalue weighted by atomic mass is 16.3. The molecule has 0 aliphatic carbocycles. The Bertz CT molecular complexity index is 537. The van der Waals surface area contributed by atoms with Crippen molar-refractivity contribution < 1.29 is 10.2 Å². The van der Waals surface area contributed by atoms with Crippen LogP contribution in [0.4, 0.5) is 0 Å². The zero-order valence-electron chi connectivity index (χ0n) is 11.2. The summed E-state index contributed by atoms with van der Waals surface area (Å²) in [6.45, 7) is 4.14.